The van der Waals surface area contributed by atoms with Crippen molar-refractivity contribution in [1.82, 2.24) is 10.2 Å². The molecule has 0 saturated carbocycles. The molecule has 0 aliphatic carbocycles. The number of anilines is 1. The monoisotopic (exact) mass is 331 g/mol. The second-order valence-corrected chi connectivity index (χ2v) is 7.53. The average Bonchev–Trinajstić information content (AvgIpc) is 2.85. The highest BCUT2D eigenvalue weighted by molar-refractivity contribution is 8.04. The number of fused-ring (bicyclic) bond motifs is 2. The van der Waals surface area contributed by atoms with Crippen molar-refractivity contribution in [3.8, 4) is 0 Å². The van der Waals surface area contributed by atoms with E-state index in [1.54, 1.807) is 16.7 Å². The van der Waals surface area contributed by atoms with E-state index in [1.165, 1.54) is 10.5 Å². The first kappa shape index (κ1) is 14.2. The number of carbonyl (C=O) groups is 1. The number of benzene rings is 1. The number of hydrogen-bond acceptors (Lipinski definition) is 4. The molecule has 3 aliphatic rings. The van der Waals surface area contributed by atoms with E-state index in [-0.39, 0.29) is 17.2 Å². The van der Waals surface area contributed by atoms with E-state index < -0.39 is 0 Å². The van der Waals surface area contributed by atoms with Crippen LogP contribution in [0, 0.1) is 5.92 Å². The zero-order valence-electron chi connectivity index (χ0n) is 12.3. The second kappa shape index (κ2) is 5.37. The van der Waals surface area contributed by atoms with Crippen LogP contribution in [0.2, 0.25) is 0 Å². The highest BCUT2D eigenvalue weighted by atomic mass is 32.2. The summed E-state index contributed by atoms with van der Waals surface area (Å²) in [4.78, 5) is 18.4. The van der Waals surface area contributed by atoms with Gasteiger partial charge in [0.05, 0.1) is 17.0 Å². The van der Waals surface area contributed by atoms with Crippen molar-refractivity contribution in [2.24, 2.45) is 5.92 Å². The number of thiocarbonyl (C=S) groups is 1. The zero-order chi connectivity index (χ0) is 15.3. The van der Waals surface area contributed by atoms with Crippen molar-refractivity contribution >= 4 is 40.7 Å². The third-order valence-corrected chi connectivity index (χ3v) is 6.07. The molecule has 3 heterocycles. The number of nitrogens with zero attached hydrogens (tertiary/aromatic N) is 2. The van der Waals surface area contributed by atoms with Crippen molar-refractivity contribution in [2.45, 2.75) is 11.8 Å². The molecule has 2 atom stereocenters. The van der Waals surface area contributed by atoms with Gasteiger partial charge in [-0.2, -0.15) is 0 Å². The summed E-state index contributed by atoms with van der Waals surface area (Å²) < 4.78 is 0. The molecule has 1 aromatic rings. The SMILES string of the molecule is CN1CCC2=C(C1)SC1NC(=S)N(c3ccccc3)C(=O)C21. The lowest BCUT2D eigenvalue weighted by Crippen LogP contribution is -2.58. The van der Waals surface area contributed by atoms with Gasteiger partial charge in [-0.15, -0.1) is 11.8 Å². The van der Waals surface area contributed by atoms with Crippen LogP contribution in [0.3, 0.4) is 0 Å². The first-order chi connectivity index (χ1) is 10.6. The predicted octanol–water partition coefficient (Wildman–Crippen LogP) is 2.19. The van der Waals surface area contributed by atoms with Gasteiger partial charge in [0.15, 0.2) is 5.11 Å². The predicted molar refractivity (Wildman–Crippen MR) is 93.7 cm³/mol. The number of thioether (sulfide) groups is 1. The molecule has 0 aromatic heterocycles. The number of para-hydroxylation sites is 1. The Hall–Kier alpha value is -1.37. The Labute approximate surface area is 139 Å². The Balaban J connectivity index is 1.69. The molecule has 4 nitrogen and oxygen atoms in total. The molecule has 0 bridgehead atoms. The van der Waals surface area contributed by atoms with Crippen molar-refractivity contribution in [3.63, 3.8) is 0 Å². The molecule has 2 unspecified atom stereocenters. The maximum absolute atomic E-state index is 13.1. The van der Waals surface area contributed by atoms with Gasteiger partial charge in [-0.1, -0.05) is 18.2 Å². The van der Waals surface area contributed by atoms with Crippen molar-refractivity contribution in [3.05, 3.63) is 40.8 Å². The molecule has 1 saturated heterocycles. The first-order valence-electron chi connectivity index (χ1n) is 7.42. The van der Waals surface area contributed by atoms with Crippen LogP contribution >= 0.6 is 24.0 Å². The highest BCUT2D eigenvalue weighted by Gasteiger charge is 2.48. The lowest BCUT2D eigenvalue weighted by atomic mass is 9.91. The normalized spacial score (nSPS) is 28.5. The molecule has 22 heavy (non-hydrogen) atoms. The molecule has 0 spiro atoms. The number of likely N-dealkylation sites (N-methyl/N-ethyl adjacent to an activating group) is 1. The third-order valence-electron chi connectivity index (χ3n) is 4.45. The number of amides is 1. The van der Waals surface area contributed by atoms with Gasteiger partial charge in [0.25, 0.3) is 0 Å². The minimum atomic E-state index is -0.0828. The first-order valence-corrected chi connectivity index (χ1v) is 8.70. The van der Waals surface area contributed by atoms with Gasteiger partial charge >= 0.3 is 0 Å². The van der Waals surface area contributed by atoms with Crippen LogP contribution in [0.5, 0.6) is 0 Å². The average molecular weight is 331 g/mol. The summed E-state index contributed by atoms with van der Waals surface area (Å²) in [5, 5.41) is 3.95. The fourth-order valence-corrected chi connectivity index (χ4v) is 5.33. The van der Waals surface area contributed by atoms with Crippen LogP contribution in [-0.2, 0) is 4.79 Å². The number of nitrogens with one attached hydrogen (secondary N) is 1. The summed E-state index contributed by atoms with van der Waals surface area (Å²) >= 11 is 7.23. The van der Waals surface area contributed by atoms with Crippen molar-refractivity contribution < 1.29 is 4.79 Å². The Bertz CT molecular complexity index is 673. The summed E-state index contributed by atoms with van der Waals surface area (Å²) in [7, 11) is 2.13. The van der Waals surface area contributed by atoms with E-state index in [2.05, 4.69) is 17.3 Å². The van der Waals surface area contributed by atoms with Gasteiger partial charge in [-0.3, -0.25) is 9.69 Å². The van der Waals surface area contributed by atoms with Crippen molar-refractivity contribution in [1.29, 1.82) is 0 Å². The van der Waals surface area contributed by atoms with Gasteiger partial charge in [-0.05, 0) is 43.4 Å². The van der Waals surface area contributed by atoms with Gasteiger partial charge in [0.2, 0.25) is 5.91 Å². The summed E-state index contributed by atoms with van der Waals surface area (Å²) in [6, 6.07) is 9.67. The standard InChI is InChI=1S/C16H17N3OS2/c1-18-8-7-11-12(9-18)22-14-13(11)15(20)19(16(21)17-14)10-5-3-2-4-6-10/h2-6,13-14H,7-9H2,1H3,(H,17,21). The lowest BCUT2D eigenvalue weighted by molar-refractivity contribution is -0.121. The Kier molecular flexibility index (Phi) is 3.47. The maximum Gasteiger partial charge on any atom is 0.243 e. The Morgan fingerprint density at radius 2 is 2.09 bits per heavy atom. The molecule has 6 heteroatoms. The summed E-state index contributed by atoms with van der Waals surface area (Å²) in [5.74, 6) is 0.0302. The van der Waals surface area contributed by atoms with E-state index in [9.17, 15) is 4.79 Å². The zero-order valence-corrected chi connectivity index (χ0v) is 13.9. The quantitative estimate of drug-likeness (QED) is 0.798. The lowest BCUT2D eigenvalue weighted by Gasteiger charge is -2.37. The van der Waals surface area contributed by atoms with E-state index in [0.717, 1.165) is 25.2 Å². The fraction of sp³-hybridized carbons (Fsp3) is 0.375. The van der Waals surface area contributed by atoms with Crippen molar-refractivity contribution in [2.75, 3.05) is 25.0 Å². The molecular formula is C16H17N3OS2. The molecule has 3 aliphatic heterocycles. The molecule has 1 amide bonds. The van der Waals surface area contributed by atoms with Gasteiger partial charge < -0.3 is 10.2 Å². The number of rotatable bonds is 1. The van der Waals surface area contributed by atoms with E-state index in [4.69, 9.17) is 12.2 Å². The van der Waals surface area contributed by atoms with E-state index >= 15 is 0 Å². The minimum absolute atomic E-state index is 0.0662. The van der Waals surface area contributed by atoms with Crippen LogP contribution in [0.25, 0.3) is 0 Å². The van der Waals surface area contributed by atoms with Gasteiger partial charge in [-0.25, -0.2) is 0 Å². The van der Waals surface area contributed by atoms with Crippen LogP contribution < -0.4 is 10.2 Å². The van der Waals surface area contributed by atoms with Gasteiger partial charge in [0.1, 0.15) is 0 Å². The minimum Gasteiger partial charge on any atom is -0.349 e. The fourth-order valence-electron chi connectivity index (χ4n) is 3.36. The molecule has 1 aromatic carbocycles. The van der Waals surface area contributed by atoms with Crippen LogP contribution in [0.4, 0.5) is 5.69 Å². The Morgan fingerprint density at radius 1 is 1.32 bits per heavy atom. The molecule has 114 valence electrons. The summed E-state index contributed by atoms with van der Waals surface area (Å²) in [6.07, 6.45) is 0.975. The molecular weight excluding hydrogens is 314 g/mol. The number of hydrogen-bond donors (Lipinski definition) is 1. The van der Waals surface area contributed by atoms with Crippen LogP contribution in [0.1, 0.15) is 6.42 Å². The topological polar surface area (TPSA) is 35.6 Å². The summed E-state index contributed by atoms with van der Waals surface area (Å²) in [6.45, 7) is 1.96. The Morgan fingerprint density at radius 3 is 2.86 bits per heavy atom. The second-order valence-electron chi connectivity index (χ2n) is 5.91. The van der Waals surface area contributed by atoms with E-state index in [0.29, 0.717) is 5.11 Å². The van der Waals surface area contributed by atoms with Gasteiger partial charge in [0, 0.05) is 18.0 Å². The largest absolute Gasteiger partial charge is 0.349 e. The van der Waals surface area contributed by atoms with Crippen LogP contribution in [0.15, 0.2) is 40.8 Å². The molecule has 1 fully saturated rings. The molecule has 4 rings (SSSR count). The smallest absolute Gasteiger partial charge is 0.243 e. The highest BCUT2D eigenvalue weighted by Crippen LogP contribution is 2.47. The number of carbonyl (C=O) groups excluding carboxylic acids is 1. The maximum atomic E-state index is 13.1. The molecule has 0 radical (unpaired) electrons. The third kappa shape index (κ3) is 2.17. The van der Waals surface area contributed by atoms with E-state index in [1.807, 2.05) is 30.3 Å². The molecule has 1 N–H and O–H groups in total. The summed E-state index contributed by atoms with van der Waals surface area (Å²) in [5.41, 5.74) is 2.16. The van der Waals surface area contributed by atoms with Crippen LogP contribution in [-0.4, -0.2) is 41.4 Å².